The molecule has 0 aliphatic rings. The van der Waals surface area contributed by atoms with Crippen molar-refractivity contribution in [1.82, 2.24) is 0 Å². The van der Waals surface area contributed by atoms with Crippen LogP contribution >= 0.6 is 11.8 Å². The zero-order chi connectivity index (χ0) is 9.52. The molecular weight excluding hydrogens is 180 g/mol. The Morgan fingerprint density at radius 2 is 2.08 bits per heavy atom. The molecule has 1 unspecified atom stereocenters. The molecule has 0 bridgehead atoms. The lowest BCUT2D eigenvalue weighted by Gasteiger charge is -2.06. The highest BCUT2D eigenvalue weighted by Crippen LogP contribution is 2.18. The van der Waals surface area contributed by atoms with Crippen molar-refractivity contribution in [1.29, 1.82) is 0 Å². The minimum atomic E-state index is -0.275. The van der Waals surface area contributed by atoms with E-state index in [0.717, 1.165) is 5.75 Å². The van der Waals surface area contributed by atoms with Crippen LogP contribution in [0.1, 0.15) is 6.42 Å². The van der Waals surface area contributed by atoms with Crippen molar-refractivity contribution in [2.45, 2.75) is 17.4 Å². The summed E-state index contributed by atoms with van der Waals surface area (Å²) in [5.41, 5.74) is 0. The molecule has 1 N–H and O–H groups in total. The average molecular weight is 194 g/mol. The molecule has 1 aromatic rings. The van der Waals surface area contributed by atoms with Crippen molar-refractivity contribution in [2.24, 2.45) is 0 Å². The molecular formula is C11H14OS. The second kappa shape index (κ2) is 5.84. The fraction of sp³-hybridized carbons (Fsp3) is 0.273. The number of aliphatic hydroxyl groups excluding tert-OH is 1. The van der Waals surface area contributed by atoms with Gasteiger partial charge in [-0.3, -0.25) is 0 Å². The quantitative estimate of drug-likeness (QED) is 0.574. The number of hydrogen-bond acceptors (Lipinski definition) is 2. The molecule has 0 aromatic heterocycles. The number of aliphatic hydroxyl groups is 1. The van der Waals surface area contributed by atoms with Gasteiger partial charge in [-0.15, -0.1) is 18.3 Å². The van der Waals surface area contributed by atoms with Crippen LogP contribution in [0, 0.1) is 0 Å². The number of hydrogen-bond donors (Lipinski definition) is 1. The summed E-state index contributed by atoms with van der Waals surface area (Å²) >= 11 is 1.67. The molecule has 1 rings (SSSR count). The van der Waals surface area contributed by atoms with E-state index in [1.54, 1.807) is 17.8 Å². The van der Waals surface area contributed by atoms with Gasteiger partial charge in [-0.25, -0.2) is 0 Å². The molecule has 1 aromatic carbocycles. The molecule has 0 aliphatic carbocycles. The van der Waals surface area contributed by atoms with Crippen LogP contribution in [0.3, 0.4) is 0 Å². The average Bonchev–Trinajstić information content (AvgIpc) is 2.17. The van der Waals surface area contributed by atoms with E-state index in [0.29, 0.717) is 6.42 Å². The normalized spacial score (nSPS) is 12.4. The minimum absolute atomic E-state index is 0.275. The zero-order valence-electron chi connectivity index (χ0n) is 7.52. The van der Waals surface area contributed by atoms with Gasteiger partial charge in [0.25, 0.3) is 0 Å². The van der Waals surface area contributed by atoms with Crippen LogP contribution in [0.5, 0.6) is 0 Å². The molecule has 0 radical (unpaired) electrons. The van der Waals surface area contributed by atoms with Crippen molar-refractivity contribution in [2.75, 3.05) is 5.75 Å². The van der Waals surface area contributed by atoms with E-state index in [1.807, 2.05) is 30.3 Å². The SMILES string of the molecule is C=CCC(O)CSc1ccccc1. The van der Waals surface area contributed by atoms with E-state index in [-0.39, 0.29) is 6.10 Å². The molecule has 0 amide bonds. The Hall–Kier alpha value is -0.730. The standard InChI is InChI=1S/C11H14OS/c1-2-6-10(12)9-13-11-7-4-3-5-8-11/h2-5,7-8,10,12H,1,6,9H2. The molecule has 1 atom stereocenters. The van der Waals surface area contributed by atoms with Crippen molar-refractivity contribution in [3.05, 3.63) is 43.0 Å². The van der Waals surface area contributed by atoms with E-state index in [9.17, 15) is 5.11 Å². The van der Waals surface area contributed by atoms with Crippen molar-refractivity contribution < 1.29 is 5.11 Å². The van der Waals surface area contributed by atoms with Crippen LogP contribution in [-0.4, -0.2) is 17.0 Å². The lowest BCUT2D eigenvalue weighted by molar-refractivity contribution is 0.203. The van der Waals surface area contributed by atoms with Gasteiger partial charge in [0.1, 0.15) is 0 Å². The van der Waals surface area contributed by atoms with Gasteiger partial charge < -0.3 is 5.11 Å². The maximum atomic E-state index is 9.42. The van der Waals surface area contributed by atoms with Gasteiger partial charge in [0.15, 0.2) is 0 Å². The van der Waals surface area contributed by atoms with Crippen LogP contribution in [-0.2, 0) is 0 Å². The molecule has 0 heterocycles. The van der Waals surface area contributed by atoms with Gasteiger partial charge in [-0.2, -0.15) is 0 Å². The second-order valence-corrected chi connectivity index (χ2v) is 3.90. The first-order chi connectivity index (χ1) is 6.33. The monoisotopic (exact) mass is 194 g/mol. The summed E-state index contributed by atoms with van der Waals surface area (Å²) in [6, 6.07) is 10.1. The summed E-state index contributed by atoms with van der Waals surface area (Å²) < 4.78 is 0. The summed E-state index contributed by atoms with van der Waals surface area (Å²) in [5, 5.41) is 9.42. The smallest absolute Gasteiger partial charge is 0.0668 e. The van der Waals surface area contributed by atoms with Crippen molar-refractivity contribution >= 4 is 11.8 Å². The molecule has 2 heteroatoms. The molecule has 0 fully saturated rings. The largest absolute Gasteiger partial charge is 0.392 e. The van der Waals surface area contributed by atoms with Gasteiger partial charge in [0.2, 0.25) is 0 Å². The first kappa shape index (κ1) is 10.4. The summed E-state index contributed by atoms with van der Waals surface area (Å²) in [4.78, 5) is 1.20. The van der Waals surface area contributed by atoms with E-state index in [1.165, 1.54) is 4.90 Å². The van der Waals surface area contributed by atoms with Crippen LogP contribution in [0.25, 0.3) is 0 Å². The van der Waals surface area contributed by atoms with E-state index in [2.05, 4.69) is 6.58 Å². The molecule has 1 nitrogen and oxygen atoms in total. The van der Waals surface area contributed by atoms with Crippen LogP contribution < -0.4 is 0 Å². The minimum Gasteiger partial charge on any atom is -0.392 e. The number of thioether (sulfide) groups is 1. The number of rotatable bonds is 5. The maximum absolute atomic E-state index is 9.42. The highest BCUT2D eigenvalue weighted by atomic mass is 32.2. The molecule has 0 spiro atoms. The van der Waals surface area contributed by atoms with Gasteiger partial charge in [0.05, 0.1) is 6.10 Å². The van der Waals surface area contributed by atoms with Crippen LogP contribution in [0.15, 0.2) is 47.9 Å². The predicted octanol–water partition coefficient (Wildman–Crippen LogP) is 2.72. The first-order valence-corrected chi connectivity index (χ1v) is 5.28. The second-order valence-electron chi connectivity index (χ2n) is 2.80. The fourth-order valence-corrected chi connectivity index (χ4v) is 1.84. The highest BCUT2D eigenvalue weighted by Gasteiger charge is 2.01. The Labute approximate surface area is 83.5 Å². The van der Waals surface area contributed by atoms with E-state index < -0.39 is 0 Å². The highest BCUT2D eigenvalue weighted by molar-refractivity contribution is 7.99. The summed E-state index contributed by atoms with van der Waals surface area (Å²) in [6.07, 6.45) is 2.14. The Morgan fingerprint density at radius 1 is 1.38 bits per heavy atom. The third kappa shape index (κ3) is 4.15. The van der Waals surface area contributed by atoms with Crippen LogP contribution in [0.4, 0.5) is 0 Å². The summed E-state index contributed by atoms with van der Waals surface area (Å²) in [6.45, 7) is 3.59. The van der Waals surface area contributed by atoms with Gasteiger partial charge in [-0.1, -0.05) is 24.3 Å². The fourth-order valence-electron chi connectivity index (χ4n) is 0.970. The van der Waals surface area contributed by atoms with Gasteiger partial charge in [0, 0.05) is 10.6 Å². The maximum Gasteiger partial charge on any atom is 0.0668 e. The zero-order valence-corrected chi connectivity index (χ0v) is 8.33. The molecule has 0 saturated heterocycles. The molecule has 0 saturated carbocycles. The Bertz CT molecular complexity index is 246. The first-order valence-electron chi connectivity index (χ1n) is 4.29. The van der Waals surface area contributed by atoms with Crippen molar-refractivity contribution in [3.63, 3.8) is 0 Å². The van der Waals surface area contributed by atoms with E-state index in [4.69, 9.17) is 0 Å². The molecule has 70 valence electrons. The lowest BCUT2D eigenvalue weighted by atomic mass is 10.3. The molecule has 13 heavy (non-hydrogen) atoms. The third-order valence-electron chi connectivity index (χ3n) is 1.62. The summed E-state index contributed by atoms with van der Waals surface area (Å²) in [5.74, 6) is 0.732. The Kier molecular flexibility index (Phi) is 4.65. The van der Waals surface area contributed by atoms with Gasteiger partial charge >= 0.3 is 0 Å². The topological polar surface area (TPSA) is 20.2 Å². The Morgan fingerprint density at radius 3 is 2.69 bits per heavy atom. The van der Waals surface area contributed by atoms with Crippen LogP contribution in [0.2, 0.25) is 0 Å². The van der Waals surface area contributed by atoms with Crippen molar-refractivity contribution in [3.8, 4) is 0 Å². The van der Waals surface area contributed by atoms with E-state index >= 15 is 0 Å². The van der Waals surface area contributed by atoms with Gasteiger partial charge in [-0.05, 0) is 18.6 Å². The lowest BCUT2D eigenvalue weighted by Crippen LogP contribution is -2.07. The molecule has 0 aliphatic heterocycles. The predicted molar refractivity (Wildman–Crippen MR) is 58.0 cm³/mol. The number of benzene rings is 1. The summed E-state index contributed by atoms with van der Waals surface area (Å²) in [7, 11) is 0. The third-order valence-corrected chi connectivity index (χ3v) is 2.78. The Balaban J connectivity index is 2.30.